The van der Waals surface area contributed by atoms with Crippen molar-refractivity contribution in [3.05, 3.63) is 0 Å². The SMILES string of the molecule is COC(=O)C1CCN(C(=O)[C@H](Br)C(C)C)CC1. The molecule has 0 spiro atoms. The first-order valence-electron chi connectivity index (χ1n) is 5.98. The van der Waals surface area contributed by atoms with E-state index in [-0.39, 0.29) is 28.5 Å². The molecule has 1 amide bonds. The number of nitrogens with zero attached hydrogens (tertiary/aromatic N) is 1. The van der Waals surface area contributed by atoms with Gasteiger partial charge >= 0.3 is 5.97 Å². The Morgan fingerprint density at radius 2 is 1.82 bits per heavy atom. The third kappa shape index (κ3) is 3.69. The van der Waals surface area contributed by atoms with Crippen molar-refractivity contribution in [3.8, 4) is 0 Å². The molecule has 1 atom stereocenters. The summed E-state index contributed by atoms with van der Waals surface area (Å²) in [4.78, 5) is 25.1. The molecule has 0 unspecified atom stereocenters. The van der Waals surface area contributed by atoms with Crippen molar-refractivity contribution in [2.45, 2.75) is 31.5 Å². The van der Waals surface area contributed by atoms with Crippen LogP contribution in [0.4, 0.5) is 0 Å². The summed E-state index contributed by atoms with van der Waals surface area (Å²) < 4.78 is 4.72. The lowest BCUT2D eigenvalue weighted by Crippen LogP contribution is -2.44. The van der Waals surface area contributed by atoms with Crippen molar-refractivity contribution in [2.24, 2.45) is 11.8 Å². The summed E-state index contributed by atoms with van der Waals surface area (Å²) in [6.45, 7) is 5.32. The van der Waals surface area contributed by atoms with E-state index in [1.807, 2.05) is 18.7 Å². The molecule has 0 aromatic carbocycles. The van der Waals surface area contributed by atoms with Crippen molar-refractivity contribution in [1.82, 2.24) is 4.90 Å². The van der Waals surface area contributed by atoms with Gasteiger partial charge in [-0.3, -0.25) is 9.59 Å². The number of ether oxygens (including phenoxy) is 1. The number of hydrogen-bond donors (Lipinski definition) is 0. The van der Waals surface area contributed by atoms with E-state index in [1.54, 1.807) is 0 Å². The number of carbonyl (C=O) groups excluding carboxylic acids is 2. The number of amides is 1. The summed E-state index contributed by atoms with van der Waals surface area (Å²) in [5.41, 5.74) is 0. The first kappa shape index (κ1) is 14.5. The lowest BCUT2D eigenvalue weighted by molar-refractivity contribution is -0.148. The highest BCUT2D eigenvalue weighted by Crippen LogP contribution is 2.22. The summed E-state index contributed by atoms with van der Waals surface area (Å²) in [6.07, 6.45) is 1.41. The molecular weight excluding hydrogens is 286 g/mol. The summed E-state index contributed by atoms with van der Waals surface area (Å²) in [7, 11) is 1.41. The van der Waals surface area contributed by atoms with E-state index in [2.05, 4.69) is 15.9 Å². The average molecular weight is 306 g/mol. The Labute approximate surface area is 111 Å². The normalized spacial score (nSPS) is 19.2. The molecule has 5 heteroatoms. The van der Waals surface area contributed by atoms with Gasteiger partial charge < -0.3 is 9.64 Å². The molecule has 0 radical (unpaired) electrons. The van der Waals surface area contributed by atoms with E-state index >= 15 is 0 Å². The fraction of sp³-hybridized carbons (Fsp3) is 0.833. The molecule has 0 N–H and O–H groups in total. The average Bonchev–Trinajstić information content (AvgIpc) is 2.36. The molecule has 1 heterocycles. The van der Waals surface area contributed by atoms with Crippen LogP contribution in [0.15, 0.2) is 0 Å². The largest absolute Gasteiger partial charge is 0.469 e. The summed E-state index contributed by atoms with van der Waals surface area (Å²) in [5, 5.41) is 0. The first-order chi connectivity index (χ1) is 7.97. The summed E-state index contributed by atoms with van der Waals surface area (Å²) in [5.74, 6) is 0.206. The van der Waals surface area contributed by atoms with Gasteiger partial charge in [0.2, 0.25) is 5.91 Å². The van der Waals surface area contributed by atoms with Gasteiger partial charge in [-0.15, -0.1) is 0 Å². The Morgan fingerprint density at radius 3 is 2.24 bits per heavy atom. The van der Waals surface area contributed by atoms with Gasteiger partial charge in [0.25, 0.3) is 0 Å². The molecule has 0 aliphatic carbocycles. The second kappa shape index (κ2) is 6.38. The fourth-order valence-corrected chi connectivity index (χ4v) is 2.25. The molecule has 1 fully saturated rings. The molecule has 1 rings (SSSR count). The number of hydrogen-bond acceptors (Lipinski definition) is 3. The van der Waals surface area contributed by atoms with Gasteiger partial charge in [-0.25, -0.2) is 0 Å². The van der Waals surface area contributed by atoms with E-state index < -0.39 is 0 Å². The van der Waals surface area contributed by atoms with Crippen LogP contribution < -0.4 is 0 Å². The number of methoxy groups -OCH3 is 1. The minimum absolute atomic E-state index is 0.0446. The second-order valence-electron chi connectivity index (χ2n) is 4.77. The van der Waals surface area contributed by atoms with E-state index in [4.69, 9.17) is 4.74 Å². The fourth-order valence-electron chi connectivity index (χ4n) is 1.96. The van der Waals surface area contributed by atoms with Crippen LogP contribution in [0.3, 0.4) is 0 Å². The van der Waals surface area contributed by atoms with E-state index in [0.29, 0.717) is 25.9 Å². The molecule has 4 nitrogen and oxygen atoms in total. The van der Waals surface area contributed by atoms with Gasteiger partial charge in [-0.1, -0.05) is 29.8 Å². The Balaban J connectivity index is 2.47. The van der Waals surface area contributed by atoms with Crippen LogP contribution in [0.1, 0.15) is 26.7 Å². The van der Waals surface area contributed by atoms with Crippen molar-refractivity contribution in [3.63, 3.8) is 0 Å². The van der Waals surface area contributed by atoms with Gasteiger partial charge in [-0.2, -0.15) is 0 Å². The molecule has 17 heavy (non-hydrogen) atoms. The number of rotatable bonds is 3. The minimum Gasteiger partial charge on any atom is -0.469 e. The molecule has 1 aliphatic rings. The molecule has 1 saturated heterocycles. The highest BCUT2D eigenvalue weighted by Gasteiger charge is 2.31. The Morgan fingerprint density at radius 1 is 1.29 bits per heavy atom. The van der Waals surface area contributed by atoms with E-state index in [0.717, 1.165) is 0 Å². The molecule has 1 aliphatic heterocycles. The van der Waals surface area contributed by atoms with Crippen molar-refractivity contribution in [2.75, 3.05) is 20.2 Å². The van der Waals surface area contributed by atoms with Crippen LogP contribution in [-0.4, -0.2) is 41.8 Å². The van der Waals surface area contributed by atoms with Gasteiger partial charge in [0.05, 0.1) is 17.9 Å². The monoisotopic (exact) mass is 305 g/mol. The van der Waals surface area contributed by atoms with E-state index in [9.17, 15) is 9.59 Å². The Bertz CT molecular complexity index is 285. The zero-order chi connectivity index (χ0) is 13.0. The number of piperidine rings is 1. The maximum Gasteiger partial charge on any atom is 0.308 e. The molecule has 0 aromatic rings. The smallest absolute Gasteiger partial charge is 0.308 e. The first-order valence-corrected chi connectivity index (χ1v) is 6.89. The molecule has 0 aromatic heterocycles. The molecule has 0 bridgehead atoms. The molecule has 0 saturated carbocycles. The topological polar surface area (TPSA) is 46.6 Å². The second-order valence-corrected chi connectivity index (χ2v) is 5.76. The lowest BCUT2D eigenvalue weighted by atomic mass is 9.96. The predicted molar refractivity (Wildman–Crippen MR) is 68.9 cm³/mol. The van der Waals surface area contributed by atoms with Crippen LogP contribution in [-0.2, 0) is 14.3 Å². The Kier molecular flexibility index (Phi) is 5.43. The third-order valence-corrected chi connectivity index (χ3v) is 4.61. The minimum atomic E-state index is -0.156. The van der Waals surface area contributed by atoms with Crippen molar-refractivity contribution >= 4 is 27.8 Å². The number of halogens is 1. The van der Waals surface area contributed by atoms with Crippen LogP contribution in [0.2, 0.25) is 0 Å². The zero-order valence-corrected chi connectivity index (χ0v) is 12.2. The highest BCUT2D eigenvalue weighted by molar-refractivity contribution is 9.10. The lowest BCUT2D eigenvalue weighted by Gasteiger charge is -2.32. The van der Waals surface area contributed by atoms with E-state index in [1.165, 1.54) is 7.11 Å². The maximum atomic E-state index is 12.0. The van der Waals surface area contributed by atoms with Gasteiger partial charge in [0, 0.05) is 13.1 Å². The summed E-state index contributed by atoms with van der Waals surface area (Å²) >= 11 is 3.42. The number of alkyl halides is 1. The Hall–Kier alpha value is -0.580. The number of likely N-dealkylation sites (tertiary alicyclic amines) is 1. The quantitative estimate of drug-likeness (QED) is 0.590. The maximum absolute atomic E-state index is 12.0. The van der Waals surface area contributed by atoms with Gasteiger partial charge in [0.1, 0.15) is 0 Å². The molecule has 98 valence electrons. The van der Waals surface area contributed by atoms with Crippen molar-refractivity contribution in [1.29, 1.82) is 0 Å². The number of carbonyl (C=O) groups is 2. The van der Waals surface area contributed by atoms with Crippen LogP contribution in [0.25, 0.3) is 0 Å². The standard InChI is InChI=1S/C12H20BrNO3/c1-8(2)10(13)11(15)14-6-4-9(5-7-14)12(16)17-3/h8-10H,4-7H2,1-3H3/t10-/m1/s1. The summed E-state index contributed by atoms with van der Waals surface area (Å²) in [6, 6.07) is 0. The van der Waals surface area contributed by atoms with Crippen LogP contribution in [0, 0.1) is 11.8 Å². The van der Waals surface area contributed by atoms with Crippen LogP contribution >= 0.6 is 15.9 Å². The third-order valence-electron chi connectivity index (χ3n) is 3.16. The van der Waals surface area contributed by atoms with Gasteiger partial charge in [-0.05, 0) is 18.8 Å². The van der Waals surface area contributed by atoms with Crippen LogP contribution in [0.5, 0.6) is 0 Å². The zero-order valence-electron chi connectivity index (χ0n) is 10.6. The number of esters is 1. The highest BCUT2D eigenvalue weighted by atomic mass is 79.9. The molecular formula is C12H20BrNO3. The van der Waals surface area contributed by atoms with Crippen molar-refractivity contribution < 1.29 is 14.3 Å². The van der Waals surface area contributed by atoms with Gasteiger partial charge in [0.15, 0.2) is 0 Å². The predicted octanol–water partition coefficient (Wildman–Crippen LogP) is 1.82.